The molecule has 0 spiro atoms. The molecule has 3 N–H and O–H groups in total. The highest BCUT2D eigenvalue weighted by molar-refractivity contribution is 7.90. The van der Waals surface area contributed by atoms with Crippen molar-refractivity contribution in [3.05, 3.63) is 28.8 Å². The zero-order chi connectivity index (χ0) is 25.1. The van der Waals surface area contributed by atoms with Gasteiger partial charge in [0.2, 0.25) is 11.8 Å². The Morgan fingerprint density at radius 3 is 2.29 bits per heavy atom. The number of hydrogen-bond acceptors (Lipinski definition) is 4. The number of nitrogens with two attached hydrogens (primary N) is 1. The summed E-state index contributed by atoms with van der Waals surface area (Å²) in [4.78, 5) is 24.9. The van der Waals surface area contributed by atoms with E-state index in [1.54, 1.807) is 0 Å². The fourth-order valence-corrected chi connectivity index (χ4v) is 9.92. The maximum Gasteiger partial charge on any atom is 0.304 e. The smallest absolute Gasteiger partial charge is 0.304 e. The highest BCUT2D eigenvalue weighted by atomic mass is 32.2. The van der Waals surface area contributed by atoms with Crippen LogP contribution in [-0.2, 0) is 19.8 Å². The lowest BCUT2D eigenvalue weighted by Crippen LogP contribution is -2.61. The third kappa shape index (κ3) is 4.46. The number of carbonyl (C=O) groups excluding carboxylic acids is 2. The molecule has 1 heterocycles. The SMILES string of the molecule is Cc1cc(C)c(N2CCCN(CC(=O)NC3C4CC5CC3CC(CC(N)=O)(C5)C4)S2(=O)=O)c(C)c1. The van der Waals surface area contributed by atoms with Gasteiger partial charge >= 0.3 is 10.2 Å². The number of anilines is 1. The Hall–Kier alpha value is -2.13. The Morgan fingerprint density at radius 2 is 1.69 bits per heavy atom. The van der Waals surface area contributed by atoms with Crippen LogP contribution in [0.4, 0.5) is 5.69 Å². The number of rotatable bonds is 6. The van der Waals surface area contributed by atoms with Gasteiger partial charge < -0.3 is 11.1 Å². The molecule has 4 saturated carbocycles. The van der Waals surface area contributed by atoms with Crippen molar-refractivity contribution in [2.24, 2.45) is 28.9 Å². The second-order valence-electron chi connectivity index (χ2n) is 11.7. The van der Waals surface area contributed by atoms with E-state index in [-0.39, 0.29) is 29.8 Å². The summed E-state index contributed by atoms with van der Waals surface area (Å²) >= 11 is 0. The summed E-state index contributed by atoms with van der Waals surface area (Å²) in [5, 5.41) is 3.22. The monoisotopic (exact) mass is 502 g/mol. The van der Waals surface area contributed by atoms with Gasteiger partial charge in [-0.15, -0.1) is 0 Å². The minimum absolute atomic E-state index is 0.00400. The summed E-state index contributed by atoms with van der Waals surface area (Å²) in [7, 11) is -3.80. The molecule has 0 aromatic heterocycles. The molecule has 0 radical (unpaired) electrons. The maximum atomic E-state index is 13.5. The standard InChI is InChI=1S/C26H38N4O4S/c1-16-7-17(2)25(18(3)8-16)30-6-4-5-29(35(30,33)34)15-23(32)28-24-20-9-19-10-21(24)13-26(11-19,12-20)14-22(27)31/h7-8,19-21,24H,4-6,9-15H2,1-3H3,(H2,27,31)(H,28,32). The number of hydrogen-bond donors (Lipinski definition) is 2. The van der Waals surface area contributed by atoms with Gasteiger partial charge in [0, 0.05) is 25.6 Å². The van der Waals surface area contributed by atoms with Gasteiger partial charge in [0.15, 0.2) is 0 Å². The zero-order valence-corrected chi connectivity index (χ0v) is 21.9. The summed E-state index contributed by atoms with van der Waals surface area (Å²) in [5.41, 5.74) is 9.24. The minimum atomic E-state index is -3.80. The number of primary amides is 1. The van der Waals surface area contributed by atoms with Gasteiger partial charge in [0.25, 0.3) is 0 Å². The van der Waals surface area contributed by atoms with Crippen LogP contribution in [-0.4, -0.2) is 50.2 Å². The fraction of sp³-hybridized carbons (Fsp3) is 0.692. The summed E-state index contributed by atoms with van der Waals surface area (Å²) in [6.45, 7) is 6.49. The van der Waals surface area contributed by atoms with Crippen molar-refractivity contribution in [3.8, 4) is 0 Å². The lowest BCUT2D eigenvalue weighted by molar-refractivity contribution is -0.134. The third-order valence-corrected chi connectivity index (χ3v) is 10.7. The average molecular weight is 503 g/mol. The van der Waals surface area contributed by atoms with Gasteiger partial charge in [0.05, 0.1) is 12.2 Å². The summed E-state index contributed by atoms with van der Waals surface area (Å²) in [5.74, 6) is 0.839. The molecule has 5 aliphatic rings. The maximum absolute atomic E-state index is 13.5. The first-order valence-corrected chi connectivity index (χ1v) is 14.3. The van der Waals surface area contributed by atoms with E-state index in [1.807, 2.05) is 32.9 Å². The first-order chi connectivity index (χ1) is 16.5. The molecule has 9 heteroatoms. The quantitative estimate of drug-likeness (QED) is 0.622. The van der Waals surface area contributed by atoms with Crippen LogP contribution in [0.25, 0.3) is 0 Å². The van der Waals surface area contributed by atoms with E-state index in [1.165, 1.54) is 8.61 Å². The van der Waals surface area contributed by atoms with Crippen molar-refractivity contribution in [2.75, 3.05) is 23.9 Å². The van der Waals surface area contributed by atoms with Crippen molar-refractivity contribution in [2.45, 2.75) is 71.8 Å². The average Bonchev–Trinajstić information content (AvgIpc) is 2.71. The minimum Gasteiger partial charge on any atom is -0.370 e. The van der Waals surface area contributed by atoms with Gasteiger partial charge in [0.1, 0.15) is 0 Å². The zero-order valence-electron chi connectivity index (χ0n) is 21.0. The molecular weight excluding hydrogens is 464 g/mol. The Bertz CT molecular complexity index is 1110. The first kappa shape index (κ1) is 24.6. The Balaban J connectivity index is 1.28. The van der Waals surface area contributed by atoms with E-state index in [2.05, 4.69) is 5.32 Å². The first-order valence-electron chi connectivity index (χ1n) is 12.9. The number of aryl methyl sites for hydroxylation is 3. The predicted molar refractivity (Wildman–Crippen MR) is 135 cm³/mol. The van der Waals surface area contributed by atoms with Crippen LogP contribution in [0, 0.1) is 43.9 Å². The molecule has 4 bridgehead atoms. The van der Waals surface area contributed by atoms with E-state index < -0.39 is 10.2 Å². The van der Waals surface area contributed by atoms with Crippen LogP contribution in [0.1, 0.15) is 61.6 Å². The highest BCUT2D eigenvalue weighted by Gasteiger charge is 2.56. The fourth-order valence-electron chi connectivity index (χ4n) is 8.12. The van der Waals surface area contributed by atoms with Gasteiger partial charge in [-0.05, 0) is 93.6 Å². The van der Waals surface area contributed by atoms with Crippen LogP contribution in [0.5, 0.6) is 0 Å². The molecule has 6 rings (SSSR count). The Kier molecular flexibility index (Phi) is 6.15. The predicted octanol–water partition coefficient (Wildman–Crippen LogP) is 2.56. The summed E-state index contributed by atoms with van der Waals surface area (Å²) in [6.07, 6.45) is 6.18. The Labute approximate surface area is 208 Å². The lowest BCUT2D eigenvalue weighted by atomic mass is 9.47. The number of nitrogens with zero attached hydrogens (tertiary/aromatic N) is 2. The van der Waals surface area contributed by atoms with E-state index in [0.29, 0.717) is 43.7 Å². The van der Waals surface area contributed by atoms with Crippen LogP contribution in [0.3, 0.4) is 0 Å². The third-order valence-electron chi connectivity index (χ3n) is 8.86. The number of benzene rings is 1. The van der Waals surface area contributed by atoms with E-state index >= 15 is 0 Å². The van der Waals surface area contributed by atoms with E-state index in [9.17, 15) is 18.0 Å². The van der Waals surface area contributed by atoms with Crippen molar-refractivity contribution in [3.63, 3.8) is 0 Å². The van der Waals surface area contributed by atoms with E-state index in [4.69, 9.17) is 5.73 Å². The van der Waals surface area contributed by atoms with Gasteiger partial charge in [-0.2, -0.15) is 12.7 Å². The summed E-state index contributed by atoms with van der Waals surface area (Å²) in [6, 6.07) is 4.06. The molecule has 1 aromatic carbocycles. The van der Waals surface area contributed by atoms with Crippen LogP contribution in [0.2, 0.25) is 0 Å². The second kappa shape index (κ2) is 8.76. The Morgan fingerprint density at radius 1 is 1.06 bits per heavy atom. The molecule has 4 aliphatic carbocycles. The molecule has 35 heavy (non-hydrogen) atoms. The van der Waals surface area contributed by atoms with Crippen LogP contribution >= 0.6 is 0 Å². The van der Waals surface area contributed by atoms with Gasteiger partial charge in [-0.25, -0.2) is 0 Å². The van der Waals surface area contributed by atoms with Gasteiger partial charge in [-0.1, -0.05) is 17.7 Å². The molecular formula is C26H38N4O4S. The van der Waals surface area contributed by atoms with E-state index in [0.717, 1.165) is 54.5 Å². The van der Waals surface area contributed by atoms with Crippen molar-refractivity contribution >= 4 is 27.7 Å². The molecule has 1 aromatic rings. The topological polar surface area (TPSA) is 113 Å². The number of nitrogens with one attached hydrogen (secondary N) is 1. The molecule has 192 valence electrons. The molecule has 5 fully saturated rings. The largest absolute Gasteiger partial charge is 0.370 e. The van der Waals surface area contributed by atoms with Gasteiger partial charge in [-0.3, -0.25) is 13.9 Å². The molecule has 2 amide bonds. The molecule has 1 aliphatic heterocycles. The molecule has 8 nitrogen and oxygen atoms in total. The van der Waals surface area contributed by atoms with Crippen molar-refractivity contribution < 1.29 is 18.0 Å². The lowest BCUT2D eigenvalue weighted by Gasteiger charge is -2.60. The van der Waals surface area contributed by atoms with Crippen LogP contribution in [0.15, 0.2) is 12.1 Å². The molecule has 2 atom stereocenters. The summed E-state index contributed by atoms with van der Waals surface area (Å²) < 4.78 is 29.9. The number of carbonyl (C=O) groups is 2. The molecule has 1 saturated heterocycles. The highest BCUT2D eigenvalue weighted by Crippen LogP contribution is 2.61. The van der Waals surface area contributed by atoms with Crippen LogP contribution < -0.4 is 15.4 Å². The van der Waals surface area contributed by atoms with Crippen molar-refractivity contribution in [1.29, 1.82) is 0 Å². The second-order valence-corrected chi connectivity index (χ2v) is 13.6. The normalized spacial score (nSPS) is 33.6. The molecule has 2 unspecified atom stereocenters. The number of amides is 2. The van der Waals surface area contributed by atoms with Crippen molar-refractivity contribution in [1.82, 2.24) is 9.62 Å².